The van der Waals surface area contributed by atoms with Gasteiger partial charge in [-0.3, -0.25) is 4.98 Å². The Labute approximate surface area is 82.9 Å². The third-order valence-electron chi connectivity index (χ3n) is 1.70. The van der Waals surface area contributed by atoms with Gasteiger partial charge in [0, 0.05) is 18.8 Å². The minimum atomic E-state index is 0.0419. The number of nitrogens with two attached hydrogens (primary N) is 1. The molecule has 13 heavy (non-hydrogen) atoms. The Kier molecular flexibility index (Phi) is 3.99. The van der Waals surface area contributed by atoms with E-state index in [1.807, 2.05) is 6.92 Å². The number of hydrogen-bond acceptors (Lipinski definition) is 3. The van der Waals surface area contributed by atoms with Crippen molar-refractivity contribution in [3.63, 3.8) is 0 Å². The zero-order chi connectivity index (χ0) is 9.68. The molecule has 1 aromatic heterocycles. The fourth-order valence-electron chi connectivity index (χ4n) is 0.947. The normalized spacial score (nSPS) is 12.5. The third-order valence-corrected chi connectivity index (χ3v) is 1.91. The molecular weight excluding hydrogens is 188 g/mol. The van der Waals surface area contributed by atoms with Gasteiger partial charge in [0.05, 0.1) is 11.2 Å². The Morgan fingerprint density at radius 2 is 2.38 bits per heavy atom. The SMILES string of the molecule is CCC(CN)Oc1cncc(Cl)c1. The predicted molar refractivity (Wildman–Crippen MR) is 53.0 cm³/mol. The van der Waals surface area contributed by atoms with Gasteiger partial charge in [0.2, 0.25) is 0 Å². The molecule has 3 nitrogen and oxygen atoms in total. The van der Waals surface area contributed by atoms with E-state index in [-0.39, 0.29) is 6.10 Å². The van der Waals surface area contributed by atoms with E-state index in [1.54, 1.807) is 18.5 Å². The van der Waals surface area contributed by atoms with Crippen LogP contribution in [0.4, 0.5) is 0 Å². The first-order valence-electron chi connectivity index (χ1n) is 4.23. The largest absolute Gasteiger partial charge is 0.487 e. The van der Waals surface area contributed by atoms with E-state index in [0.717, 1.165) is 6.42 Å². The number of rotatable bonds is 4. The minimum Gasteiger partial charge on any atom is -0.487 e. The molecule has 4 heteroatoms. The predicted octanol–water partition coefficient (Wildman–Crippen LogP) is 1.85. The van der Waals surface area contributed by atoms with E-state index in [4.69, 9.17) is 22.1 Å². The van der Waals surface area contributed by atoms with Crippen LogP contribution >= 0.6 is 11.6 Å². The fourth-order valence-corrected chi connectivity index (χ4v) is 1.11. The molecule has 0 aromatic carbocycles. The third kappa shape index (κ3) is 3.20. The van der Waals surface area contributed by atoms with Gasteiger partial charge in [-0.15, -0.1) is 0 Å². The summed E-state index contributed by atoms with van der Waals surface area (Å²) in [5, 5.41) is 0.573. The van der Waals surface area contributed by atoms with Crippen LogP contribution in [0, 0.1) is 0 Å². The first-order valence-corrected chi connectivity index (χ1v) is 4.61. The molecule has 0 saturated heterocycles. The Bertz CT molecular complexity index is 264. The highest BCUT2D eigenvalue weighted by atomic mass is 35.5. The fraction of sp³-hybridized carbons (Fsp3) is 0.444. The smallest absolute Gasteiger partial charge is 0.139 e. The highest BCUT2D eigenvalue weighted by Gasteiger charge is 2.05. The molecule has 2 N–H and O–H groups in total. The summed E-state index contributed by atoms with van der Waals surface area (Å²) in [6, 6.07) is 1.73. The number of pyridine rings is 1. The summed E-state index contributed by atoms with van der Waals surface area (Å²) in [7, 11) is 0. The van der Waals surface area contributed by atoms with Crippen molar-refractivity contribution >= 4 is 11.6 Å². The van der Waals surface area contributed by atoms with Gasteiger partial charge in [-0.2, -0.15) is 0 Å². The highest BCUT2D eigenvalue weighted by molar-refractivity contribution is 6.30. The van der Waals surface area contributed by atoms with Crippen LogP contribution in [-0.2, 0) is 0 Å². The number of hydrogen-bond donors (Lipinski definition) is 1. The molecule has 1 atom stereocenters. The van der Waals surface area contributed by atoms with Crippen molar-refractivity contribution in [2.24, 2.45) is 5.73 Å². The second-order valence-corrected chi connectivity index (χ2v) is 3.16. The lowest BCUT2D eigenvalue weighted by atomic mass is 10.3. The van der Waals surface area contributed by atoms with Crippen molar-refractivity contribution in [1.82, 2.24) is 4.98 Å². The van der Waals surface area contributed by atoms with Crippen LogP contribution < -0.4 is 10.5 Å². The molecule has 0 aliphatic heterocycles. The lowest BCUT2D eigenvalue weighted by molar-refractivity contribution is 0.204. The molecule has 1 unspecified atom stereocenters. The zero-order valence-corrected chi connectivity index (χ0v) is 8.29. The van der Waals surface area contributed by atoms with Gasteiger partial charge >= 0.3 is 0 Å². The molecule has 0 saturated carbocycles. The van der Waals surface area contributed by atoms with E-state index in [0.29, 0.717) is 17.3 Å². The monoisotopic (exact) mass is 200 g/mol. The first-order chi connectivity index (χ1) is 6.26. The summed E-state index contributed by atoms with van der Waals surface area (Å²) in [4.78, 5) is 3.91. The van der Waals surface area contributed by atoms with E-state index >= 15 is 0 Å². The average Bonchev–Trinajstić information content (AvgIpc) is 2.14. The zero-order valence-electron chi connectivity index (χ0n) is 7.53. The van der Waals surface area contributed by atoms with Gasteiger partial charge in [-0.25, -0.2) is 0 Å². The first kappa shape index (κ1) is 10.3. The molecule has 0 spiro atoms. The van der Waals surface area contributed by atoms with Crippen molar-refractivity contribution in [2.75, 3.05) is 6.54 Å². The Morgan fingerprint density at radius 1 is 1.62 bits per heavy atom. The Morgan fingerprint density at radius 3 is 2.92 bits per heavy atom. The number of aromatic nitrogens is 1. The van der Waals surface area contributed by atoms with Crippen molar-refractivity contribution in [3.05, 3.63) is 23.5 Å². The van der Waals surface area contributed by atoms with Gasteiger partial charge in [0.15, 0.2) is 0 Å². The van der Waals surface area contributed by atoms with Crippen LogP contribution in [-0.4, -0.2) is 17.6 Å². The topological polar surface area (TPSA) is 48.1 Å². The second kappa shape index (κ2) is 5.04. The molecule has 0 amide bonds. The molecule has 0 aliphatic rings. The summed E-state index contributed by atoms with van der Waals surface area (Å²) in [6.45, 7) is 2.53. The highest BCUT2D eigenvalue weighted by Crippen LogP contribution is 2.16. The van der Waals surface area contributed by atoms with Crippen LogP contribution in [0.5, 0.6) is 5.75 Å². The number of halogens is 1. The van der Waals surface area contributed by atoms with E-state index in [9.17, 15) is 0 Å². The molecule has 0 bridgehead atoms. The molecular formula is C9H13ClN2O. The summed E-state index contributed by atoms with van der Waals surface area (Å²) < 4.78 is 5.52. The van der Waals surface area contributed by atoms with Gasteiger partial charge in [-0.05, 0) is 6.42 Å². The van der Waals surface area contributed by atoms with Gasteiger partial charge in [0.1, 0.15) is 11.9 Å². The maximum absolute atomic E-state index is 5.74. The van der Waals surface area contributed by atoms with Crippen LogP contribution in [0.15, 0.2) is 18.5 Å². The Hall–Kier alpha value is -0.800. The summed E-state index contributed by atoms with van der Waals surface area (Å²) in [6.07, 6.45) is 4.12. The van der Waals surface area contributed by atoms with Gasteiger partial charge in [-0.1, -0.05) is 18.5 Å². The van der Waals surface area contributed by atoms with E-state index in [2.05, 4.69) is 4.98 Å². The van der Waals surface area contributed by atoms with E-state index in [1.165, 1.54) is 0 Å². The van der Waals surface area contributed by atoms with Crippen molar-refractivity contribution in [3.8, 4) is 5.75 Å². The van der Waals surface area contributed by atoms with Crippen LogP contribution in [0.2, 0.25) is 5.02 Å². The van der Waals surface area contributed by atoms with Crippen molar-refractivity contribution < 1.29 is 4.74 Å². The van der Waals surface area contributed by atoms with E-state index < -0.39 is 0 Å². The number of nitrogens with zero attached hydrogens (tertiary/aromatic N) is 1. The molecule has 0 radical (unpaired) electrons. The standard InChI is InChI=1S/C9H13ClN2O/c1-2-8(4-11)13-9-3-7(10)5-12-6-9/h3,5-6,8H,2,4,11H2,1H3. The van der Waals surface area contributed by atoms with Crippen LogP contribution in [0.25, 0.3) is 0 Å². The summed E-state index contributed by atoms with van der Waals surface area (Å²) in [5.74, 6) is 0.671. The summed E-state index contributed by atoms with van der Waals surface area (Å²) >= 11 is 5.74. The lowest BCUT2D eigenvalue weighted by Gasteiger charge is -2.14. The van der Waals surface area contributed by atoms with Gasteiger partial charge in [0.25, 0.3) is 0 Å². The maximum atomic E-state index is 5.74. The molecule has 0 aliphatic carbocycles. The number of ether oxygens (including phenoxy) is 1. The lowest BCUT2D eigenvalue weighted by Crippen LogP contribution is -2.25. The molecule has 1 aromatic rings. The van der Waals surface area contributed by atoms with Crippen LogP contribution in [0.1, 0.15) is 13.3 Å². The quantitative estimate of drug-likeness (QED) is 0.807. The molecule has 1 heterocycles. The summed E-state index contributed by atoms with van der Waals surface area (Å²) in [5.41, 5.74) is 5.49. The molecule has 0 fully saturated rings. The average molecular weight is 201 g/mol. The van der Waals surface area contributed by atoms with Gasteiger partial charge < -0.3 is 10.5 Å². The second-order valence-electron chi connectivity index (χ2n) is 2.72. The molecule has 1 rings (SSSR count). The minimum absolute atomic E-state index is 0.0419. The van der Waals surface area contributed by atoms with Crippen LogP contribution in [0.3, 0.4) is 0 Å². The Balaban J connectivity index is 2.62. The molecule has 72 valence electrons. The van der Waals surface area contributed by atoms with Crippen molar-refractivity contribution in [2.45, 2.75) is 19.4 Å². The maximum Gasteiger partial charge on any atom is 0.139 e. The van der Waals surface area contributed by atoms with Crippen molar-refractivity contribution in [1.29, 1.82) is 0 Å².